The number of fused-ring (bicyclic) bond motifs is 1. The number of ether oxygens (including phenoxy) is 2. The van der Waals surface area contributed by atoms with E-state index in [4.69, 9.17) is 9.47 Å². The van der Waals surface area contributed by atoms with Crippen LogP contribution >= 0.6 is 11.8 Å². The van der Waals surface area contributed by atoms with Crippen molar-refractivity contribution in [3.8, 4) is 5.75 Å². The lowest BCUT2D eigenvalue weighted by atomic mass is 9.66. The van der Waals surface area contributed by atoms with Crippen LogP contribution in [0.3, 0.4) is 0 Å². The quantitative estimate of drug-likeness (QED) is 0.597. The topological polar surface area (TPSA) is 105 Å². The van der Waals surface area contributed by atoms with Crippen LogP contribution in [0.1, 0.15) is 27.2 Å². The zero-order valence-corrected chi connectivity index (χ0v) is 19.6. The molecule has 7 atom stereocenters. The summed E-state index contributed by atoms with van der Waals surface area (Å²) in [6.07, 6.45) is 0.742. The van der Waals surface area contributed by atoms with Crippen molar-refractivity contribution >= 4 is 35.2 Å². The minimum Gasteiger partial charge on any atom is -0.497 e. The van der Waals surface area contributed by atoms with E-state index in [1.165, 1.54) is 4.90 Å². The predicted molar refractivity (Wildman–Crippen MR) is 120 cm³/mol. The summed E-state index contributed by atoms with van der Waals surface area (Å²) in [6.45, 7) is 5.50. The van der Waals surface area contributed by atoms with Crippen molar-refractivity contribution in [3.05, 3.63) is 24.3 Å². The number of benzene rings is 1. The highest BCUT2D eigenvalue weighted by Gasteiger charge is 2.76. The van der Waals surface area contributed by atoms with Gasteiger partial charge in [-0.3, -0.25) is 14.4 Å². The SMILES string of the molecule is CCOC(=O)[C@@H]1[C@@H]2CC(C)C3(S2)C(C(=O)Nc2ccc(OC)cc2)N([C@H](C)CO)C(=O)[C@H]13. The predicted octanol–water partition coefficient (Wildman–Crippen LogP) is 1.91. The van der Waals surface area contributed by atoms with Crippen molar-refractivity contribution in [2.75, 3.05) is 25.6 Å². The standard InChI is InChI=1S/C23H30N2O6S/c1-5-31-22(29)17-16-10-12(2)23(32-16)18(17)21(28)25(13(3)11-26)19(23)20(27)24-14-6-8-15(30-4)9-7-14/h6-9,12-13,16-19,26H,5,10-11H2,1-4H3,(H,24,27)/t12?,13-,16+,17-,18+,19?,23?/m1/s1. The molecule has 32 heavy (non-hydrogen) atoms. The molecular weight excluding hydrogens is 432 g/mol. The zero-order valence-electron chi connectivity index (χ0n) is 18.7. The molecule has 3 saturated heterocycles. The van der Waals surface area contributed by atoms with Crippen LogP contribution in [0.15, 0.2) is 24.3 Å². The summed E-state index contributed by atoms with van der Waals surface area (Å²) in [6, 6.07) is 5.64. The van der Waals surface area contributed by atoms with E-state index in [1.807, 2.05) is 0 Å². The molecule has 3 aliphatic rings. The van der Waals surface area contributed by atoms with Gasteiger partial charge in [-0.15, -0.1) is 11.8 Å². The summed E-state index contributed by atoms with van der Waals surface area (Å²) in [5.74, 6) is -1.41. The number of carbonyl (C=O) groups excluding carboxylic acids is 3. The van der Waals surface area contributed by atoms with Gasteiger partial charge in [0.05, 0.1) is 42.9 Å². The highest BCUT2D eigenvalue weighted by atomic mass is 32.2. The van der Waals surface area contributed by atoms with Gasteiger partial charge in [-0.25, -0.2) is 0 Å². The lowest BCUT2D eigenvalue weighted by molar-refractivity contribution is -0.154. The first kappa shape index (κ1) is 22.9. The molecule has 2 N–H and O–H groups in total. The third kappa shape index (κ3) is 3.28. The fourth-order valence-electron chi connectivity index (χ4n) is 5.71. The average Bonchev–Trinajstić information content (AvgIpc) is 3.37. The maximum absolute atomic E-state index is 13.7. The Bertz CT molecular complexity index is 908. The van der Waals surface area contributed by atoms with Crippen LogP contribution in [0.2, 0.25) is 0 Å². The molecule has 174 valence electrons. The van der Waals surface area contributed by atoms with Crippen LogP contribution in [-0.2, 0) is 19.1 Å². The molecule has 4 rings (SSSR count). The summed E-state index contributed by atoms with van der Waals surface area (Å²) in [4.78, 5) is 41.7. The summed E-state index contributed by atoms with van der Waals surface area (Å²) >= 11 is 1.58. The molecule has 1 aromatic carbocycles. The van der Waals surface area contributed by atoms with E-state index < -0.39 is 28.7 Å². The first-order chi connectivity index (χ1) is 15.3. The van der Waals surface area contributed by atoms with Gasteiger partial charge in [-0.2, -0.15) is 0 Å². The fourth-order valence-corrected chi connectivity index (χ4v) is 8.11. The molecule has 9 heteroatoms. The Labute approximate surface area is 192 Å². The Hall–Kier alpha value is -2.26. The summed E-state index contributed by atoms with van der Waals surface area (Å²) in [7, 11) is 1.57. The van der Waals surface area contributed by atoms with Gasteiger partial charge in [0.1, 0.15) is 11.8 Å². The molecule has 3 heterocycles. The van der Waals surface area contributed by atoms with Crippen LogP contribution in [0.25, 0.3) is 0 Å². The molecule has 3 fully saturated rings. The Kier molecular flexibility index (Phi) is 6.15. The van der Waals surface area contributed by atoms with E-state index >= 15 is 0 Å². The molecule has 2 bridgehead atoms. The van der Waals surface area contributed by atoms with Gasteiger partial charge < -0.3 is 24.8 Å². The van der Waals surface area contributed by atoms with Crippen LogP contribution in [0, 0.1) is 17.8 Å². The maximum atomic E-state index is 13.7. The van der Waals surface area contributed by atoms with E-state index in [0.717, 1.165) is 6.42 Å². The summed E-state index contributed by atoms with van der Waals surface area (Å²) in [5, 5.41) is 12.8. The average molecular weight is 463 g/mol. The lowest BCUT2D eigenvalue weighted by Gasteiger charge is -2.39. The molecule has 0 aliphatic carbocycles. The first-order valence-electron chi connectivity index (χ1n) is 11.0. The number of hydrogen-bond donors (Lipinski definition) is 2. The Balaban J connectivity index is 1.72. The van der Waals surface area contributed by atoms with Crippen molar-refractivity contribution in [3.63, 3.8) is 0 Å². The first-order valence-corrected chi connectivity index (χ1v) is 11.9. The maximum Gasteiger partial charge on any atom is 0.310 e. The van der Waals surface area contributed by atoms with Crippen LogP contribution in [-0.4, -0.2) is 70.2 Å². The number of amides is 2. The number of nitrogens with one attached hydrogen (secondary N) is 1. The van der Waals surface area contributed by atoms with Crippen LogP contribution in [0.4, 0.5) is 5.69 Å². The van der Waals surface area contributed by atoms with Gasteiger partial charge in [0.25, 0.3) is 0 Å². The van der Waals surface area contributed by atoms with Gasteiger partial charge >= 0.3 is 5.97 Å². The molecule has 8 nitrogen and oxygen atoms in total. The lowest BCUT2D eigenvalue weighted by Crippen LogP contribution is -2.56. The zero-order chi connectivity index (χ0) is 23.2. The monoisotopic (exact) mass is 462 g/mol. The molecule has 1 spiro atoms. The normalized spacial score (nSPS) is 33.7. The number of likely N-dealkylation sites (tertiary alicyclic amines) is 1. The molecule has 3 aliphatic heterocycles. The van der Waals surface area contributed by atoms with E-state index in [-0.39, 0.29) is 42.2 Å². The van der Waals surface area contributed by atoms with E-state index in [2.05, 4.69) is 12.2 Å². The van der Waals surface area contributed by atoms with Crippen LogP contribution in [0.5, 0.6) is 5.75 Å². The smallest absolute Gasteiger partial charge is 0.310 e. The number of aliphatic hydroxyl groups is 1. The molecule has 0 saturated carbocycles. The van der Waals surface area contributed by atoms with Crippen molar-refractivity contribution in [2.45, 2.75) is 49.3 Å². The number of nitrogens with zero attached hydrogens (tertiary/aromatic N) is 1. The van der Waals surface area contributed by atoms with Crippen molar-refractivity contribution < 1.29 is 29.0 Å². The summed E-state index contributed by atoms with van der Waals surface area (Å²) < 4.78 is 9.75. The molecule has 0 radical (unpaired) electrons. The number of rotatable bonds is 7. The third-order valence-electron chi connectivity index (χ3n) is 7.09. The second-order valence-corrected chi connectivity index (χ2v) is 10.3. The highest BCUT2D eigenvalue weighted by molar-refractivity contribution is 8.02. The second-order valence-electron chi connectivity index (χ2n) is 8.80. The second kappa shape index (κ2) is 8.59. The number of methoxy groups -OCH3 is 1. The number of thioether (sulfide) groups is 1. The number of aliphatic hydroxyl groups excluding tert-OH is 1. The molecule has 1 aromatic rings. The van der Waals surface area contributed by atoms with Crippen LogP contribution < -0.4 is 10.1 Å². The van der Waals surface area contributed by atoms with Gasteiger partial charge in [0, 0.05) is 10.9 Å². The van der Waals surface area contributed by atoms with Gasteiger partial charge in [0.15, 0.2) is 0 Å². The molecule has 2 amide bonds. The Morgan fingerprint density at radius 1 is 1.34 bits per heavy atom. The molecular formula is C23H30N2O6S. The Morgan fingerprint density at radius 2 is 2.03 bits per heavy atom. The number of carbonyl (C=O) groups is 3. The summed E-state index contributed by atoms with van der Waals surface area (Å²) in [5.41, 5.74) is 0.590. The van der Waals surface area contributed by atoms with Gasteiger partial charge in [-0.05, 0) is 50.5 Å². The third-order valence-corrected chi connectivity index (χ3v) is 9.16. The largest absolute Gasteiger partial charge is 0.497 e. The Morgan fingerprint density at radius 3 is 2.62 bits per heavy atom. The van der Waals surface area contributed by atoms with E-state index in [1.54, 1.807) is 57.0 Å². The minimum absolute atomic E-state index is 0.0548. The van der Waals surface area contributed by atoms with Crippen molar-refractivity contribution in [1.82, 2.24) is 4.90 Å². The number of esters is 1. The minimum atomic E-state index is -0.798. The molecule has 0 aromatic heterocycles. The fraction of sp³-hybridized carbons (Fsp3) is 0.609. The van der Waals surface area contributed by atoms with Crippen molar-refractivity contribution in [1.29, 1.82) is 0 Å². The number of hydrogen-bond acceptors (Lipinski definition) is 7. The van der Waals surface area contributed by atoms with Crippen molar-refractivity contribution in [2.24, 2.45) is 17.8 Å². The van der Waals surface area contributed by atoms with E-state index in [9.17, 15) is 19.5 Å². The molecule has 3 unspecified atom stereocenters. The highest BCUT2D eigenvalue weighted by Crippen LogP contribution is 2.68. The van der Waals surface area contributed by atoms with E-state index in [0.29, 0.717) is 11.4 Å². The van der Waals surface area contributed by atoms with Gasteiger partial charge in [0.2, 0.25) is 11.8 Å². The number of anilines is 1. The van der Waals surface area contributed by atoms with Gasteiger partial charge in [-0.1, -0.05) is 6.92 Å².